The lowest BCUT2D eigenvalue weighted by Crippen LogP contribution is -2.14. The smallest absolute Gasteiger partial charge is 0.310 e. The molecule has 5 heteroatoms. The molecule has 0 spiro atoms. The molecule has 1 N–H and O–H groups in total. The van der Waals surface area contributed by atoms with Gasteiger partial charge in [-0.05, 0) is 53.8 Å². The molecule has 2 nitrogen and oxygen atoms in total. The fourth-order valence-electron chi connectivity index (χ4n) is 2.42. The van der Waals surface area contributed by atoms with Gasteiger partial charge >= 0.3 is 5.97 Å². The first kappa shape index (κ1) is 17.1. The summed E-state index contributed by atoms with van der Waals surface area (Å²) in [5.41, 5.74) is 1.66. The molecule has 2 aromatic rings. The second kappa shape index (κ2) is 7.36. The van der Waals surface area contributed by atoms with Crippen molar-refractivity contribution in [2.45, 2.75) is 25.2 Å². The standard InChI is InChI=1S/C17H15Cl3O2/c1-10(12-7-14(19)9-15(20)8-12)6-16(17(21)22)11-2-4-13(18)5-3-11/h2-5,7-10,16H,6H2,1H3,(H,21,22)/t10-,16-/m0/s1. The van der Waals surface area contributed by atoms with Crippen molar-refractivity contribution in [2.24, 2.45) is 0 Å². The van der Waals surface area contributed by atoms with Gasteiger partial charge < -0.3 is 5.11 Å². The Bertz CT molecular complexity index is 648. The predicted octanol–water partition coefficient (Wildman–Crippen LogP) is 6.01. The number of hydrogen-bond acceptors (Lipinski definition) is 1. The molecule has 0 aliphatic heterocycles. The summed E-state index contributed by atoms with van der Waals surface area (Å²) in [5.74, 6) is -1.46. The number of carboxylic acids is 1. The number of carbonyl (C=O) groups is 1. The maximum Gasteiger partial charge on any atom is 0.310 e. The highest BCUT2D eigenvalue weighted by atomic mass is 35.5. The molecule has 0 aliphatic carbocycles. The first-order valence-corrected chi connectivity index (χ1v) is 7.94. The van der Waals surface area contributed by atoms with Gasteiger partial charge in [-0.3, -0.25) is 4.79 Å². The molecular formula is C17H15Cl3O2. The van der Waals surface area contributed by atoms with E-state index in [4.69, 9.17) is 34.8 Å². The molecule has 22 heavy (non-hydrogen) atoms. The first-order chi connectivity index (χ1) is 10.4. The van der Waals surface area contributed by atoms with Crippen molar-refractivity contribution in [3.05, 3.63) is 68.7 Å². The number of hydrogen-bond donors (Lipinski definition) is 1. The normalized spacial score (nSPS) is 13.6. The summed E-state index contributed by atoms with van der Waals surface area (Å²) in [5, 5.41) is 11.2. The van der Waals surface area contributed by atoms with E-state index >= 15 is 0 Å². The van der Waals surface area contributed by atoms with Crippen LogP contribution in [0.4, 0.5) is 0 Å². The summed E-state index contributed by atoms with van der Waals surface area (Å²) in [7, 11) is 0. The van der Waals surface area contributed by atoms with Crippen molar-refractivity contribution in [1.29, 1.82) is 0 Å². The van der Waals surface area contributed by atoms with Gasteiger partial charge in [-0.1, -0.05) is 53.9 Å². The average Bonchev–Trinajstić information content (AvgIpc) is 2.44. The van der Waals surface area contributed by atoms with Crippen LogP contribution in [0.25, 0.3) is 0 Å². The Hall–Kier alpha value is -1.22. The summed E-state index contributed by atoms with van der Waals surface area (Å²) < 4.78 is 0. The Kier molecular flexibility index (Phi) is 5.74. The van der Waals surface area contributed by atoms with E-state index in [1.54, 1.807) is 30.3 Å². The van der Waals surface area contributed by atoms with Crippen LogP contribution in [0.1, 0.15) is 36.3 Å². The van der Waals surface area contributed by atoms with Crippen LogP contribution in [-0.4, -0.2) is 11.1 Å². The number of aliphatic carboxylic acids is 1. The van der Waals surface area contributed by atoms with Gasteiger partial charge in [0.15, 0.2) is 0 Å². The highest BCUT2D eigenvalue weighted by molar-refractivity contribution is 6.34. The van der Waals surface area contributed by atoms with Gasteiger partial charge in [-0.15, -0.1) is 0 Å². The topological polar surface area (TPSA) is 37.3 Å². The van der Waals surface area contributed by atoms with Crippen LogP contribution < -0.4 is 0 Å². The maximum absolute atomic E-state index is 11.6. The quantitative estimate of drug-likeness (QED) is 0.711. The molecule has 0 bridgehead atoms. The number of benzene rings is 2. The molecule has 0 amide bonds. The fraction of sp³-hybridized carbons (Fsp3) is 0.235. The SMILES string of the molecule is C[C@@H](C[C@H](C(=O)O)c1ccc(Cl)cc1)c1cc(Cl)cc(Cl)c1. The molecule has 0 saturated carbocycles. The van der Waals surface area contributed by atoms with Crippen LogP contribution in [0.5, 0.6) is 0 Å². The van der Waals surface area contributed by atoms with Crippen molar-refractivity contribution < 1.29 is 9.90 Å². The largest absolute Gasteiger partial charge is 0.481 e. The van der Waals surface area contributed by atoms with Gasteiger partial charge in [-0.25, -0.2) is 0 Å². The molecule has 2 aromatic carbocycles. The molecule has 0 aromatic heterocycles. The molecule has 2 atom stereocenters. The van der Waals surface area contributed by atoms with E-state index in [-0.39, 0.29) is 5.92 Å². The van der Waals surface area contributed by atoms with Crippen LogP contribution >= 0.6 is 34.8 Å². The first-order valence-electron chi connectivity index (χ1n) is 6.81. The van der Waals surface area contributed by atoms with Crippen LogP contribution in [0.2, 0.25) is 15.1 Å². The Labute approximate surface area is 144 Å². The van der Waals surface area contributed by atoms with Crippen molar-refractivity contribution in [3.8, 4) is 0 Å². The van der Waals surface area contributed by atoms with E-state index in [0.717, 1.165) is 11.1 Å². The Morgan fingerprint density at radius 2 is 1.50 bits per heavy atom. The van der Waals surface area contributed by atoms with E-state index in [0.29, 0.717) is 21.5 Å². The van der Waals surface area contributed by atoms with E-state index < -0.39 is 11.9 Å². The minimum atomic E-state index is -0.859. The monoisotopic (exact) mass is 356 g/mol. The molecular weight excluding hydrogens is 343 g/mol. The number of halogens is 3. The van der Waals surface area contributed by atoms with Gasteiger partial charge in [0.05, 0.1) is 5.92 Å². The zero-order chi connectivity index (χ0) is 16.3. The van der Waals surface area contributed by atoms with Crippen LogP contribution in [-0.2, 0) is 4.79 Å². The van der Waals surface area contributed by atoms with Gasteiger partial charge in [0.1, 0.15) is 0 Å². The second-order valence-electron chi connectivity index (χ2n) is 5.28. The summed E-state index contributed by atoms with van der Waals surface area (Å²) >= 11 is 17.9. The Morgan fingerprint density at radius 1 is 0.955 bits per heavy atom. The number of rotatable bonds is 5. The lowest BCUT2D eigenvalue weighted by Gasteiger charge is -2.19. The molecule has 0 saturated heterocycles. The Balaban J connectivity index is 2.23. The molecule has 0 unspecified atom stereocenters. The van der Waals surface area contributed by atoms with Crippen LogP contribution in [0, 0.1) is 0 Å². The highest BCUT2D eigenvalue weighted by Crippen LogP contribution is 2.33. The third-order valence-corrected chi connectivity index (χ3v) is 4.30. The Morgan fingerprint density at radius 3 is 2.00 bits per heavy atom. The minimum Gasteiger partial charge on any atom is -0.481 e. The van der Waals surface area contributed by atoms with Gasteiger partial charge in [-0.2, -0.15) is 0 Å². The molecule has 116 valence electrons. The molecule has 0 fully saturated rings. The third-order valence-electron chi connectivity index (χ3n) is 3.61. The van der Waals surface area contributed by atoms with E-state index in [9.17, 15) is 9.90 Å². The summed E-state index contributed by atoms with van der Waals surface area (Å²) in [6, 6.07) is 12.2. The van der Waals surface area contributed by atoms with Crippen molar-refractivity contribution >= 4 is 40.8 Å². The zero-order valence-electron chi connectivity index (χ0n) is 11.9. The summed E-state index contributed by atoms with van der Waals surface area (Å²) in [6.07, 6.45) is 0.452. The average molecular weight is 358 g/mol. The maximum atomic E-state index is 11.6. The minimum absolute atomic E-state index is 0.00739. The van der Waals surface area contributed by atoms with E-state index in [1.807, 2.05) is 19.1 Å². The molecule has 0 radical (unpaired) electrons. The third kappa shape index (κ3) is 4.39. The van der Waals surface area contributed by atoms with E-state index in [1.165, 1.54) is 0 Å². The second-order valence-corrected chi connectivity index (χ2v) is 6.59. The highest BCUT2D eigenvalue weighted by Gasteiger charge is 2.23. The molecule has 0 heterocycles. The predicted molar refractivity (Wildman–Crippen MR) is 91.3 cm³/mol. The molecule has 0 aliphatic rings. The van der Waals surface area contributed by atoms with Crippen molar-refractivity contribution in [2.75, 3.05) is 0 Å². The van der Waals surface area contributed by atoms with Crippen molar-refractivity contribution in [1.82, 2.24) is 0 Å². The van der Waals surface area contributed by atoms with Gasteiger partial charge in [0.2, 0.25) is 0 Å². The van der Waals surface area contributed by atoms with Gasteiger partial charge in [0.25, 0.3) is 0 Å². The number of carboxylic acid groups (broad SMARTS) is 1. The summed E-state index contributed by atoms with van der Waals surface area (Å²) in [4.78, 5) is 11.6. The van der Waals surface area contributed by atoms with Crippen LogP contribution in [0.3, 0.4) is 0 Å². The van der Waals surface area contributed by atoms with E-state index in [2.05, 4.69) is 0 Å². The van der Waals surface area contributed by atoms with Crippen molar-refractivity contribution in [3.63, 3.8) is 0 Å². The summed E-state index contributed by atoms with van der Waals surface area (Å²) in [6.45, 7) is 1.97. The zero-order valence-corrected chi connectivity index (χ0v) is 14.2. The molecule has 2 rings (SSSR count). The lowest BCUT2D eigenvalue weighted by atomic mass is 9.86. The van der Waals surface area contributed by atoms with Crippen LogP contribution in [0.15, 0.2) is 42.5 Å². The van der Waals surface area contributed by atoms with Gasteiger partial charge in [0, 0.05) is 15.1 Å². The fourth-order valence-corrected chi connectivity index (χ4v) is 3.09. The lowest BCUT2D eigenvalue weighted by molar-refractivity contribution is -0.139.